The minimum absolute atomic E-state index is 0.322. The van der Waals surface area contributed by atoms with Crippen LogP contribution in [0, 0.1) is 0 Å². The molecular weight excluding hydrogens is 332 g/mol. The molecule has 2 aromatic carbocycles. The molecule has 0 fully saturated rings. The van der Waals surface area contributed by atoms with Crippen molar-refractivity contribution >= 4 is 5.57 Å². The molecule has 0 aliphatic heterocycles. The fourth-order valence-corrected chi connectivity index (χ4v) is 4.10. The summed E-state index contributed by atoms with van der Waals surface area (Å²) in [5.74, 6) is 1.31. The maximum absolute atomic E-state index is 10.8. The zero-order valence-electron chi connectivity index (χ0n) is 16.5. The number of aryl methyl sites for hydroxylation is 1. The van der Waals surface area contributed by atoms with Crippen molar-refractivity contribution in [2.24, 2.45) is 0 Å². The van der Waals surface area contributed by atoms with Crippen LogP contribution in [0.1, 0.15) is 80.9 Å². The molecule has 3 rings (SSSR count). The van der Waals surface area contributed by atoms with Crippen LogP contribution in [-0.2, 0) is 6.42 Å². The molecule has 0 bridgehead atoms. The number of aromatic hydroxyl groups is 2. The lowest BCUT2D eigenvalue weighted by molar-refractivity contribution is 0.463. The van der Waals surface area contributed by atoms with E-state index in [1.54, 1.807) is 12.1 Å². The van der Waals surface area contributed by atoms with Crippen molar-refractivity contribution in [2.75, 3.05) is 0 Å². The van der Waals surface area contributed by atoms with Gasteiger partial charge in [0.05, 0.1) is 0 Å². The Hall–Kier alpha value is -2.22. The van der Waals surface area contributed by atoms with Gasteiger partial charge in [0.1, 0.15) is 11.5 Å². The van der Waals surface area contributed by atoms with E-state index in [4.69, 9.17) is 0 Å². The van der Waals surface area contributed by atoms with Gasteiger partial charge in [0.25, 0.3) is 0 Å². The van der Waals surface area contributed by atoms with Crippen molar-refractivity contribution in [3.05, 3.63) is 65.2 Å². The molecule has 0 saturated carbocycles. The molecule has 144 valence electrons. The third kappa shape index (κ3) is 5.15. The second-order valence-corrected chi connectivity index (χ2v) is 7.77. The Morgan fingerprint density at radius 3 is 2.41 bits per heavy atom. The molecule has 1 atom stereocenters. The first-order chi connectivity index (χ1) is 13.2. The van der Waals surface area contributed by atoms with Gasteiger partial charge in [-0.25, -0.2) is 0 Å². The van der Waals surface area contributed by atoms with Crippen LogP contribution in [-0.4, -0.2) is 10.2 Å². The second-order valence-electron chi connectivity index (χ2n) is 7.77. The summed E-state index contributed by atoms with van der Waals surface area (Å²) in [6.45, 7) is 2.24. The van der Waals surface area contributed by atoms with Gasteiger partial charge in [-0.15, -0.1) is 0 Å². The van der Waals surface area contributed by atoms with Gasteiger partial charge in [-0.05, 0) is 66.9 Å². The van der Waals surface area contributed by atoms with Gasteiger partial charge < -0.3 is 10.2 Å². The van der Waals surface area contributed by atoms with Crippen molar-refractivity contribution in [3.63, 3.8) is 0 Å². The molecule has 0 saturated heterocycles. The van der Waals surface area contributed by atoms with E-state index in [2.05, 4.69) is 31.2 Å². The molecule has 0 aromatic heterocycles. The predicted octanol–water partition coefficient (Wildman–Crippen LogP) is 6.96. The number of phenolic OH excluding ortho intramolecular Hbond substituents is 2. The molecule has 0 spiro atoms. The molecule has 1 unspecified atom stereocenters. The largest absolute Gasteiger partial charge is 0.508 e. The second kappa shape index (κ2) is 9.64. The number of hydrogen-bond acceptors (Lipinski definition) is 2. The summed E-state index contributed by atoms with van der Waals surface area (Å²) in [4.78, 5) is 0. The van der Waals surface area contributed by atoms with Crippen molar-refractivity contribution in [2.45, 2.75) is 70.6 Å². The first kappa shape index (κ1) is 19.5. The highest BCUT2D eigenvalue weighted by Gasteiger charge is 2.19. The van der Waals surface area contributed by atoms with Crippen LogP contribution in [0.25, 0.3) is 5.57 Å². The number of hydrogen-bond donors (Lipinski definition) is 2. The molecular formula is C25H32O2. The first-order valence-corrected chi connectivity index (χ1v) is 10.5. The van der Waals surface area contributed by atoms with E-state index in [-0.39, 0.29) is 0 Å². The smallest absolute Gasteiger partial charge is 0.126 e. The number of rotatable bonds is 8. The number of benzene rings is 2. The average molecular weight is 365 g/mol. The summed E-state index contributed by atoms with van der Waals surface area (Å²) in [6, 6.07) is 13.8. The van der Waals surface area contributed by atoms with Gasteiger partial charge in [-0.3, -0.25) is 0 Å². The van der Waals surface area contributed by atoms with Crippen LogP contribution < -0.4 is 0 Å². The van der Waals surface area contributed by atoms with Crippen LogP contribution in [0.3, 0.4) is 0 Å². The number of allylic oxidation sites excluding steroid dienone is 2. The normalized spacial score (nSPS) is 16.9. The summed E-state index contributed by atoms with van der Waals surface area (Å²) in [5.41, 5.74) is 4.67. The van der Waals surface area contributed by atoms with Gasteiger partial charge in [0.15, 0.2) is 0 Å². The Morgan fingerprint density at radius 1 is 0.926 bits per heavy atom. The Labute approximate surface area is 163 Å². The molecule has 2 nitrogen and oxygen atoms in total. The van der Waals surface area contributed by atoms with E-state index in [1.165, 1.54) is 36.8 Å². The van der Waals surface area contributed by atoms with Crippen molar-refractivity contribution in [1.29, 1.82) is 0 Å². The zero-order valence-corrected chi connectivity index (χ0v) is 16.5. The third-order valence-corrected chi connectivity index (χ3v) is 5.79. The number of phenols is 2. The SMILES string of the molecule is CCCCCCCc1cccc(C2=CCC(c3ccc(O)cc3)CC2)c1O. The predicted molar refractivity (Wildman–Crippen MR) is 113 cm³/mol. The molecule has 1 aliphatic rings. The first-order valence-electron chi connectivity index (χ1n) is 10.5. The lowest BCUT2D eigenvalue weighted by Crippen LogP contribution is -2.04. The quantitative estimate of drug-likeness (QED) is 0.497. The molecule has 27 heavy (non-hydrogen) atoms. The van der Waals surface area contributed by atoms with Crippen molar-refractivity contribution < 1.29 is 10.2 Å². The summed E-state index contributed by atoms with van der Waals surface area (Å²) >= 11 is 0. The van der Waals surface area contributed by atoms with Crippen molar-refractivity contribution in [1.82, 2.24) is 0 Å². The maximum atomic E-state index is 10.8. The van der Waals surface area contributed by atoms with E-state index >= 15 is 0 Å². The average Bonchev–Trinajstić information content (AvgIpc) is 2.70. The van der Waals surface area contributed by atoms with Crippen LogP contribution >= 0.6 is 0 Å². The lowest BCUT2D eigenvalue weighted by Gasteiger charge is -2.23. The van der Waals surface area contributed by atoms with E-state index in [1.807, 2.05) is 12.1 Å². The lowest BCUT2D eigenvalue weighted by atomic mass is 9.82. The Morgan fingerprint density at radius 2 is 1.70 bits per heavy atom. The minimum atomic E-state index is 0.322. The Kier molecular flexibility index (Phi) is 6.98. The van der Waals surface area contributed by atoms with Gasteiger partial charge in [-0.2, -0.15) is 0 Å². The van der Waals surface area contributed by atoms with Gasteiger partial charge >= 0.3 is 0 Å². The van der Waals surface area contributed by atoms with Crippen LogP contribution in [0.2, 0.25) is 0 Å². The minimum Gasteiger partial charge on any atom is -0.508 e. The van der Waals surface area contributed by atoms with Crippen LogP contribution in [0.4, 0.5) is 0 Å². The summed E-state index contributed by atoms with van der Waals surface area (Å²) < 4.78 is 0. The van der Waals surface area contributed by atoms with Crippen molar-refractivity contribution in [3.8, 4) is 11.5 Å². The van der Waals surface area contributed by atoms with Crippen LogP contribution in [0.15, 0.2) is 48.5 Å². The molecule has 0 heterocycles. The molecule has 1 aliphatic carbocycles. The van der Waals surface area contributed by atoms with E-state index in [0.29, 0.717) is 17.4 Å². The Bertz CT molecular complexity index is 758. The van der Waals surface area contributed by atoms with Gasteiger partial charge in [-0.1, -0.05) is 69.0 Å². The maximum Gasteiger partial charge on any atom is 0.126 e. The monoisotopic (exact) mass is 364 g/mol. The third-order valence-electron chi connectivity index (χ3n) is 5.79. The van der Waals surface area contributed by atoms with Crippen LogP contribution in [0.5, 0.6) is 11.5 Å². The molecule has 0 radical (unpaired) electrons. The van der Waals surface area contributed by atoms with E-state index in [0.717, 1.165) is 43.2 Å². The highest BCUT2D eigenvalue weighted by Crippen LogP contribution is 2.39. The molecule has 2 aromatic rings. The number of unbranched alkanes of at least 4 members (excludes halogenated alkanes) is 4. The highest BCUT2D eigenvalue weighted by atomic mass is 16.3. The summed E-state index contributed by atoms with van der Waals surface area (Å²) in [6.07, 6.45) is 12.6. The number of para-hydroxylation sites is 1. The topological polar surface area (TPSA) is 40.5 Å². The standard InChI is InChI=1S/C25H32O2/c1-2-3-4-5-6-8-22-9-7-10-24(25(22)27)21-13-11-19(12-14-21)20-15-17-23(26)18-16-20/h7,9-10,13,15-19,26-27H,2-6,8,11-12,14H2,1H3. The van der Waals surface area contributed by atoms with Gasteiger partial charge in [0, 0.05) is 5.56 Å². The fourth-order valence-electron chi connectivity index (χ4n) is 4.10. The van der Waals surface area contributed by atoms with Gasteiger partial charge in [0.2, 0.25) is 0 Å². The van der Waals surface area contributed by atoms with E-state index < -0.39 is 0 Å². The summed E-state index contributed by atoms with van der Waals surface area (Å²) in [5, 5.41) is 20.3. The zero-order chi connectivity index (χ0) is 19.1. The molecule has 2 N–H and O–H groups in total. The highest BCUT2D eigenvalue weighted by molar-refractivity contribution is 5.72. The molecule has 0 amide bonds. The summed E-state index contributed by atoms with van der Waals surface area (Å²) in [7, 11) is 0. The Balaban J connectivity index is 1.64. The van der Waals surface area contributed by atoms with E-state index in [9.17, 15) is 10.2 Å². The fraction of sp³-hybridized carbons (Fsp3) is 0.440. The molecule has 2 heteroatoms.